The van der Waals surface area contributed by atoms with Crippen molar-refractivity contribution in [1.82, 2.24) is 6.52 Å². The number of carbonyl (C=O) groups excluding carboxylic acids is 2. The Morgan fingerprint density at radius 3 is 1.36 bits per heavy atom. The molecule has 2 amide bonds. The minimum atomic E-state index is -1.58. The molecule has 0 bridgehead atoms. The molecule has 0 saturated carbocycles. The normalized spacial score (nSPS) is 9.88. The van der Waals surface area contributed by atoms with Crippen LogP contribution in [0.15, 0.2) is 24.3 Å². The summed E-state index contributed by atoms with van der Waals surface area (Å²) in [5.74, 6) is -0.172. The van der Waals surface area contributed by atoms with E-state index in [1.165, 1.54) is 22.3 Å². The van der Waals surface area contributed by atoms with Crippen LogP contribution in [-0.2, 0) is 36.7 Å². The molecule has 0 radical (unpaired) electrons. The molecule has 2 N–H and O–H groups in total. The van der Waals surface area contributed by atoms with Crippen molar-refractivity contribution in [3.05, 3.63) is 68.8 Å². The molecule has 180 valence electrons. The molecule has 7 heteroatoms. The van der Waals surface area contributed by atoms with E-state index in [-0.39, 0.29) is 36.6 Å². The first-order chi connectivity index (χ1) is 14.8. The summed E-state index contributed by atoms with van der Waals surface area (Å²) in [4.78, 5) is 25.4. The first-order valence-electron chi connectivity index (χ1n) is 11.4. The molecule has 2 rings (SSSR count). The molecule has 0 heterocycles. The zero-order chi connectivity index (χ0) is 23.0. The number of unbranched alkanes of at least 4 members (excludes halogenated alkanes) is 2. The van der Waals surface area contributed by atoms with Crippen LogP contribution >= 0.6 is 0 Å². The van der Waals surface area contributed by atoms with Gasteiger partial charge in [0.1, 0.15) is 0 Å². The molecule has 0 fully saturated rings. The molecular formula is C26H36Cl2N2O2Zr. The van der Waals surface area contributed by atoms with Gasteiger partial charge in [-0.25, -0.2) is 0 Å². The van der Waals surface area contributed by atoms with Crippen LogP contribution in [0.25, 0.3) is 0 Å². The topological polar surface area (TPSA) is 58.2 Å². The maximum atomic E-state index is 12.7. The monoisotopic (exact) mass is 568 g/mol. The molecule has 0 aliphatic rings. The van der Waals surface area contributed by atoms with Gasteiger partial charge in [0, 0.05) is 0 Å². The quantitative estimate of drug-likeness (QED) is 0.412. The SMILES string of the molecule is CCCCc1ccc(C(=O)[NH][Zr+2][NH]C(=O)c2ccc(CCCC)c(C)c2C)c(C)c1C.[Cl-].[Cl-]. The maximum Gasteiger partial charge on any atom is -1.00 e. The Balaban J connectivity index is 0.00000512. The van der Waals surface area contributed by atoms with Crippen LogP contribution in [0.3, 0.4) is 0 Å². The number of nitrogens with one attached hydrogen (secondary N) is 2. The van der Waals surface area contributed by atoms with Crippen LogP contribution < -0.4 is 31.3 Å². The van der Waals surface area contributed by atoms with Gasteiger partial charge in [0.2, 0.25) is 0 Å². The minimum absolute atomic E-state index is 0. The van der Waals surface area contributed by atoms with E-state index in [4.69, 9.17) is 0 Å². The third-order valence-electron chi connectivity index (χ3n) is 6.24. The standard InChI is InChI=1S/2C13H19NO.2ClH.Zr/c2*1-4-5-6-11-7-8-12(13(14)15)10(3)9(11)2;;;/h2*7-8H,4-6H2,1-3H3,(H2,14,15);2*1H;/q;;;;+4/p-4. The van der Waals surface area contributed by atoms with Gasteiger partial charge in [0.05, 0.1) is 0 Å². The first kappa shape index (κ1) is 31.8. The van der Waals surface area contributed by atoms with Crippen molar-refractivity contribution in [1.29, 1.82) is 0 Å². The zero-order valence-corrected chi connectivity index (χ0v) is 24.6. The van der Waals surface area contributed by atoms with Crippen LogP contribution in [-0.4, -0.2) is 11.8 Å². The van der Waals surface area contributed by atoms with Gasteiger partial charge in [0.25, 0.3) is 0 Å². The summed E-state index contributed by atoms with van der Waals surface area (Å²) in [6.45, 7) is 12.6. The van der Waals surface area contributed by atoms with E-state index in [2.05, 4.69) is 46.3 Å². The number of benzene rings is 2. The number of hydrogen-bond donors (Lipinski definition) is 2. The Morgan fingerprint density at radius 2 is 1.03 bits per heavy atom. The Hall–Kier alpha value is -1.16. The van der Waals surface area contributed by atoms with Crippen molar-refractivity contribution >= 4 is 11.8 Å². The first-order valence-corrected chi connectivity index (χ1v) is 13.8. The summed E-state index contributed by atoms with van der Waals surface area (Å²) >= 11 is -1.58. The van der Waals surface area contributed by atoms with Gasteiger partial charge >= 0.3 is 201 Å². The van der Waals surface area contributed by atoms with Gasteiger partial charge in [0.15, 0.2) is 0 Å². The van der Waals surface area contributed by atoms with E-state index in [0.29, 0.717) is 11.1 Å². The average molecular weight is 571 g/mol. The van der Waals surface area contributed by atoms with Crippen molar-refractivity contribution in [2.75, 3.05) is 0 Å². The fourth-order valence-corrected chi connectivity index (χ4v) is 5.17. The van der Waals surface area contributed by atoms with Crippen LogP contribution in [0.1, 0.15) is 93.6 Å². The molecule has 0 saturated heterocycles. The fourth-order valence-electron chi connectivity index (χ4n) is 3.80. The van der Waals surface area contributed by atoms with E-state index >= 15 is 0 Å². The Bertz CT molecular complexity index is 873. The number of aryl methyl sites for hydroxylation is 2. The second kappa shape index (κ2) is 15.7. The van der Waals surface area contributed by atoms with Gasteiger partial charge in [-0.1, -0.05) is 0 Å². The van der Waals surface area contributed by atoms with Crippen molar-refractivity contribution in [2.24, 2.45) is 0 Å². The second-order valence-corrected chi connectivity index (χ2v) is 10.1. The molecule has 2 aromatic carbocycles. The van der Waals surface area contributed by atoms with E-state index in [1.807, 2.05) is 26.0 Å². The maximum absolute atomic E-state index is 12.7. The Morgan fingerprint density at radius 1 is 0.667 bits per heavy atom. The molecule has 0 aliphatic carbocycles. The van der Waals surface area contributed by atoms with E-state index in [9.17, 15) is 9.59 Å². The van der Waals surface area contributed by atoms with Crippen molar-refractivity contribution in [2.45, 2.75) is 80.1 Å². The number of carbonyl (C=O) groups is 2. The molecule has 33 heavy (non-hydrogen) atoms. The molecule has 0 unspecified atom stereocenters. The summed E-state index contributed by atoms with van der Waals surface area (Å²) in [7, 11) is 0. The van der Waals surface area contributed by atoms with Gasteiger partial charge in [-0.2, -0.15) is 0 Å². The predicted molar refractivity (Wildman–Crippen MR) is 124 cm³/mol. The van der Waals surface area contributed by atoms with E-state index < -0.39 is 23.8 Å². The molecule has 0 spiro atoms. The molecule has 0 aromatic heterocycles. The molecule has 2 aromatic rings. The van der Waals surface area contributed by atoms with E-state index in [1.54, 1.807) is 0 Å². The molecule has 0 atom stereocenters. The predicted octanol–water partition coefficient (Wildman–Crippen LogP) is -0.314. The van der Waals surface area contributed by atoms with Crippen molar-refractivity contribution < 1.29 is 58.2 Å². The van der Waals surface area contributed by atoms with Crippen LogP contribution in [0.2, 0.25) is 0 Å². The van der Waals surface area contributed by atoms with E-state index in [0.717, 1.165) is 49.7 Å². The van der Waals surface area contributed by atoms with Crippen LogP contribution in [0, 0.1) is 27.7 Å². The van der Waals surface area contributed by atoms with Crippen molar-refractivity contribution in [3.8, 4) is 0 Å². The van der Waals surface area contributed by atoms with Crippen LogP contribution in [0.4, 0.5) is 0 Å². The average Bonchev–Trinajstić information content (AvgIpc) is 2.75. The van der Waals surface area contributed by atoms with Gasteiger partial charge in [-0.05, 0) is 0 Å². The second-order valence-electron chi connectivity index (χ2n) is 8.28. The number of amides is 2. The number of hydrogen-bond acceptors (Lipinski definition) is 2. The minimum Gasteiger partial charge on any atom is -1.00 e. The fraction of sp³-hybridized carbons (Fsp3) is 0.462. The van der Waals surface area contributed by atoms with Crippen molar-refractivity contribution in [3.63, 3.8) is 0 Å². The smallest absolute Gasteiger partial charge is 1.00 e. The molecule has 4 nitrogen and oxygen atoms in total. The summed E-state index contributed by atoms with van der Waals surface area (Å²) in [6, 6.07) is 7.99. The Labute approximate surface area is 224 Å². The number of halogens is 2. The van der Waals surface area contributed by atoms with Crippen LogP contribution in [0.5, 0.6) is 0 Å². The molecule has 0 aliphatic heterocycles. The zero-order valence-electron chi connectivity index (χ0n) is 20.6. The summed E-state index contributed by atoms with van der Waals surface area (Å²) in [5.41, 5.74) is 8.52. The summed E-state index contributed by atoms with van der Waals surface area (Å²) < 4.78 is 6.01. The van der Waals surface area contributed by atoms with Gasteiger partial charge < -0.3 is 24.8 Å². The summed E-state index contributed by atoms with van der Waals surface area (Å²) in [6.07, 6.45) is 6.73. The molecular weight excluding hydrogens is 534 g/mol. The Kier molecular flexibility index (Phi) is 15.1. The third kappa shape index (κ3) is 8.53. The third-order valence-corrected chi connectivity index (χ3v) is 7.97. The van der Waals surface area contributed by atoms with Gasteiger partial charge in [-0.3, -0.25) is 0 Å². The largest absolute Gasteiger partial charge is 1.00 e. The van der Waals surface area contributed by atoms with Gasteiger partial charge in [-0.15, -0.1) is 0 Å². The number of rotatable bonds is 10. The summed E-state index contributed by atoms with van der Waals surface area (Å²) in [5, 5.41) is 0.